The minimum absolute atomic E-state index is 0.0849. The van der Waals surface area contributed by atoms with Crippen molar-refractivity contribution in [3.8, 4) is 11.3 Å². The number of aromatic nitrogens is 4. The molecule has 0 saturated heterocycles. The van der Waals surface area contributed by atoms with Crippen LogP contribution in [0.25, 0.3) is 17.0 Å². The average molecular weight is 488 g/mol. The smallest absolute Gasteiger partial charge is 0.369 e. The summed E-state index contributed by atoms with van der Waals surface area (Å²) in [6.07, 6.45) is -5.74. The first kappa shape index (κ1) is 21.9. The summed E-state index contributed by atoms with van der Waals surface area (Å²) in [5, 5.41) is 0. The first-order valence-electron chi connectivity index (χ1n) is 9.77. The molecule has 3 aliphatic rings. The Morgan fingerprint density at radius 2 is 1.82 bits per heavy atom. The predicted octanol–water partition coefficient (Wildman–Crippen LogP) is 3.17. The van der Waals surface area contributed by atoms with E-state index in [-0.39, 0.29) is 35.6 Å². The summed E-state index contributed by atoms with van der Waals surface area (Å²) in [4.78, 5) is 10.6. The minimum atomic E-state index is -4.82. The molecular weight excluding hydrogens is 471 g/mol. The number of halogens is 5. The number of anilines is 1. The van der Waals surface area contributed by atoms with Crippen molar-refractivity contribution >= 4 is 21.7 Å². The number of sulfonamides is 1. The van der Waals surface area contributed by atoms with Gasteiger partial charge in [0.15, 0.2) is 0 Å². The van der Waals surface area contributed by atoms with Gasteiger partial charge in [0.05, 0.1) is 10.6 Å². The zero-order chi connectivity index (χ0) is 24.0. The Morgan fingerprint density at radius 1 is 1.15 bits per heavy atom. The Balaban J connectivity index is 1.48. The second kappa shape index (κ2) is 6.59. The van der Waals surface area contributed by atoms with Crippen LogP contribution in [0.2, 0.25) is 0 Å². The highest BCUT2D eigenvalue weighted by molar-refractivity contribution is 7.89. The van der Waals surface area contributed by atoms with Gasteiger partial charge in [0.1, 0.15) is 0 Å². The molecule has 0 unspecified atom stereocenters. The van der Waals surface area contributed by atoms with Crippen molar-refractivity contribution in [3.05, 3.63) is 35.8 Å². The van der Waals surface area contributed by atoms with Gasteiger partial charge in [-0.15, -0.1) is 0 Å². The van der Waals surface area contributed by atoms with Gasteiger partial charge in [-0.25, -0.2) is 26.9 Å². The van der Waals surface area contributed by atoms with Gasteiger partial charge in [-0.2, -0.15) is 23.1 Å². The monoisotopic (exact) mass is 488 g/mol. The Labute approximate surface area is 184 Å². The van der Waals surface area contributed by atoms with Crippen LogP contribution in [0.3, 0.4) is 0 Å². The summed E-state index contributed by atoms with van der Waals surface area (Å²) >= 11 is 0. The van der Waals surface area contributed by atoms with Crippen LogP contribution in [0.15, 0.2) is 29.3 Å². The molecule has 3 aromatic rings. The third kappa shape index (κ3) is 3.34. The van der Waals surface area contributed by atoms with Crippen molar-refractivity contribution in [2.45, 2.75) is 49.2 Å². The number of nitrogens with one attached hydrogen (secondary N) is 1. The molecule has 14 heteroatoms. The van der Waals surface area contributed by atoms with Crippen molar-refractivity contribution in [3.63, 3.8) is 0 Å². The maximum Gasteiger partial charge on any atom is 0.451 e. The first-order valence-corrected chi connectivity index (χ1v) is 11.3. The van der Waals surface area contributed by atoms with E-state index in [1.54, 1.807) is 6.92 Å². The van der Waals surface area contributed by atoms with Crippen LogP contribution in [-0.4, -0.2) is 39.7 Å². The summed E-state index contributed by atoms with van der Waals surface area (Å²) < 4.78 is 94.5. The van der Waals surface area contributed by atoms with Gasteiger partial charge in [-0.3, -0.25) is 4.40 Å². The maximum atomic E-state index is 13.1. The van der Waals surface area contributed by atoms with E-state index in [4.69, 9.17) is 5.73 Å². The minimum Gasteiger partial charge on any atom is -0.369 e. The SMILES string of the molecule is Cc1ccc(S(=O)(=O)NC23CC(C(F)F)(C2)C3)cc1-c1cn2c(N)nc(C(F)(F)F)nc2n1. The lowest BCUT2D eigenvalue weighted by atomic mass is 9.40. The van der Waals surface area contributed by atoms with Crippen LogP contribution in [0.4, 0.5) is 27.9 Å². The van der Waals surface area contributed by atoms with Crippen molar-refractivity contribution in [1.29, 1.82) is 0 Å². The lowest BCUT2D eigenvalue weighted by molar-refractivity contribution is -0.220. The number of hydrogen-bond acceptors (Lipinski definition) is 6. The van der Waals surface area contributed by atoms with Gasteiger partial charge >= 0.3 is 6.18 Å². The van der Waals surface area contributed by atoms with Crippen molar-refractivity contribution in [2.75, 3.05) is 5.73 Å². The molecule has 3 fully saturated rings. The van der Waals surface area contributed by atoms with E-state index in [0.717, 1.165) is 4.40 Å². The number of nitrogen functional groups attached to an aromatic ring is 1. The third-order valence-electron chi connectivity index (χ3n) is 6.29. The number of alkyl halides is 5. The molecule has 3 N–H and O–H groups in total. The molecule has 0 amide bonds. The van der Waals surface area contributed by atoms with Crippen LogP contribution < -0.4 is 10.5 Å². The Morgan fingerprint density at radius 3 is 2.42 bits per heavy atom. The molecular formula is C19H17F5N6O2S. The fraction of sp³-hybridized carbons (Fsp3) is 0.421. The van der Waals surface area contributed by atoms with Gasteiger partial charge in [-0.1, -0.05) is 6.07 Å². The number of fused-ring (bicyclic) bond motifs is 1. The number of benzene rings is 1. The van der Waals surface area contributed by atoms with Gasteiger partial charge < -0.3 is 5.73 Å². The molecule has 2 aromatic heterocycles. The van der Waals surface area contributed by atoms with Crippen LogP contribution in [0.1, 0.15) is 30.7 Å². The highest BCUT2D eigenvalue weighted by Crippen LogP contribution is 2.70. The predicted molar refractivity (Wildman–Crippen MR) is 106 cm³/mol. The molecule has 1 aromatic carbocycles. The Hall–Kier alpha value is -2.87. The second-order valence-corrected chi connectivity index (χ2v) is 10.4. The molecule has 3 aliphatic carbocycles. The van der Waals surface area contributed by atoms with E-state index >= 15 is 0 Å². The van der Waals surface area contributed by atoms with E-state index in [1.165, 1.54) is 24.4 Å². The maximum absolute atomic E-state index is 13.1. The number of rotatable bonds is 5. The van der Waals surface area contributed by atoms with Crippen LogP contribution in [-0.2, 0) is 16.2 Å². The number of aryl methyl sites for hydroxylation is 1. The summed E-state index contributed by atoms with van der Waals surface area (Å²) in [5.41, 5.74) is 4.75. The van der Waals surface area contributed by atoms with Crippen LogP contribution in [0, 0.1) is 12.3 Å². The molecule has 2 bridgehead atoms. The van der Waals surface area contributed by atoms with E-state index in [0.29, 0.717) is 11.1 Å². The highest BCUT2D eigenvalue weighted by atomic mass is 32.2. The summed E-state index contributed by atoms with van der Waals surface area (Å²) in [6.45, 7) is 1.67. The zero-order valence-electron chi connectivity index (χ0n) is 17.0. The standard InChI is InChI=1S/C19H17F5N6O2S/c1-9-2-3-10(33(31,32)29-18-6-17(7-18,8-18)13(20)21)4-11(9)12-5-30-15(25)27-14(19(22,23)24)28-16(30)26-12/h2-5,13,29H,6-8H2,1H3,(H2,25,26,27,28). The number of nitrogens with zero attached hydrogens (tertiary/aromatic N) is 4. The summed E-state index contributed by atoms with van der Waals surface area (Å²) in [6, 6.07) is 4.20. The van der Waals surface area contributed by atoms with E-state index < -0.39 is 45.4 Å². The molecule has 176 valence electrons. The Bertz CT molecular complexity index is 1380. The molecule has 0 atom stereocenters. The lowest BCUT2D eigenvalue weighted by Crippen LogP contribution is -2.76. The number of imidazole rings is 1. The largest absolute Gasteiger partial charge is 0.451 e. The molecule has 6 rings (SSSR count). The zero-order valence-corrected chi connectivity index (χ0v) is 17.8. The van der Waals surface area contributed by atoms with Crippen molar-refractivity contribution < 1.29 is 30.4 Å². The van der Waals surface area contributed by atoms with Gasteiger partial charge in [0.25, 0.3) is 0 Å². The van der Waals surface area contributed by atoms with Crippen LogP contribution in [0.5, 0.6) is 0 Å². The normalized spacial score (nSPS) is 24.7. The molecule has 0 aliphatic heterocycles. The molecule has 0 radical (unpaired) electrons. The molecule has 8 nitrogen and oxygen atoms in total. The highest BCUT2D eigenvalue weighted by Gasteiger charge is 2.73. The lowest BCUT2D eigenvalue weighted by Gasteiger charge is -2.69. The van der Waals surface area contributed by atoms with Gasteiger partial charge in [-0.05, 0) is 43.9 Å². The summed E-state index contributed by atoms with van der Waals surface area (Å²) in [5.74, 6) is -2.27. The molecule has 0 spiro atoms. The fourth-order valence-electron chi connectivity index (χ4n) is 4.75. The number of hydrogen-bond donors (Lipinski definition) is 2. The van der Waals surface area contributed by atoms with Gasteiger partial charge in [0, 0.05) is 22.7 Å². The second-order valence-electron chi connectivity index (χ2n) is 8.76. The molecule has 2 heterocycles. The molecule has 33 heavy (non-hydrogen) atoms. The fourth-order valence-corrected chi connectivity index (χ4v) is 6.18. The quantitative estimate of drug-likeness (QED) is 0.533. The van der Waals surface area contributed by atoms with Crippen LogP contribution >= 0.6 is 0 Å². The summed E-state index contributed by atoms with van der Waals surface area (Å²) in [7, 11) is -4.04. The van der Waals surface area contributed by atoms with Gasteiger partial charge in [0.2, 0.25) is 34.0 Å². The third-order valence-corrected chi connectivity index (χ3v) is 7.87. The van der Waals surface area contributed by atoms with Crippen molar-refractivity contribution in [2.24, 2.45) is 5.41 Å². The van der Waals surface area contributed by atoms with E-state index in [9.17, 15) is 30.4 Å². The van der Waals surface area contributed by atoms with E-state index in [2.05, 4.69) is 19.7 Å². The van der Waals surface area contributed by atoms with Crippen molar-refractivity contribution in [1.82, 2.24) is 24.1 Å². The molecule has 3 saturated carbocycles. The Kier molecular flexibility index (Phi) is 4.38. The van der Waals surface area contributed by atoms with E-state index in [1.807, 2.05) is 0 Å². The number of nitrogens with two attached hydrogens (primary N) is 1. The first-order chi connectivity index (χ1) is 15.2. The topological polar surface area (TPSA) is 115 Å². The average Bonchev–Trinajstić information content (AvgIpc) is 3.07.